The van der Waals surface area contributed by atoms with E-state index in [1.54, 1.807) is 18.2 Å². The molecule has 0 aliphatic heterocycles. The summed E-state index contributed by atoms with van der Waals surface area (Å²) in [6.45, 7) is 0. The number of para-hydroxylation sites is 1. The minimum atomic E-state index is -0.333. The number of fused-ring (bicyclic) bond motifs is 1. The van der Waals surface area contributed by atoms with E-state index < -0.39 is 0 Å². The number of nitrogens with zero attached hydrogens (tertiary/aromatic N) is 1. The molecular weight excluding hydrogens is 227 g/mol. The molecule has 0 amide bonds. The summed E-state index contributed by atoms with van der Waals surface area (Å²) in [5.74, 6) is -0.333. The van der Waals surface area contributed by atoms with Crippen LogP contribution in [0.15, 0.2) is 48.5 Å². The number of aromatic nitrogens is 1. The van der Waals surface area contributed by atoms with Gasteiger partial charge in [0.1, 0.15) is 11.9 Å². The predicted molar refractivity (Wildman–Crippen MR) is 68.4 cm³/mol. The summed E-state index contributed by atoms with van der Waals surface area (Å²) in [4.78, 5) is 3.11. The average molecular weight is 236 g/mol. The van der Waals surface area contributed by atoms with Crippen molar-refractivity contribution in [1.29, 1.82) is 5.26 Å². The van der Waals surface area contributed by atoms with Gasteiger partial charge in [0, 0.05) is 16.5 Å². The van der Waals surface area contributed by atoms with Crippen molar-refractivity contribution in [2.45, 2.75) is 0 Å². The molecule has 0 radical (unpaired) electrons. The summed E-state index contributed by atoms with van der Waals surface area (Å²) in [6.07, 6.45) is 0. The molecule has 0 aliphatic rings. The van der Waals surface area contributed by atoms with Crippen molar-refractivity contribution < 1.29 is 4.39 Å². The van der Waals surface area contributed by atoms with Crippen molar-refractivity contribution in [2.24, 2.45) is 0 Å². The van der Waals surface area contributed by atoms with Crippen LogP contribution in [-0.2, 0) is 0 Å². The van der Waals surface area contributed by atoms with Gasteiger partial charge in [-0.25, -0.2) is 4.39 Å². The van der Waals surface area contributed by atoms with Gasteiger partial charge in [0.2, 0.25) is 0 Å². The number of hydrogen-bond donors (Lipinski definition) is 1. The lowest BCUT2D eigenvalue weighted by Gasteiger charge is -2.00. The van der Waals surface area contributed by atoms with Crippen LogP contribution in [0.5, 0.6) is 0 Å². The van der Waals surface area contributed by atoms with Gasteiger partial charge >= 0.3 is 0 Å². The van der Waals surface area contributed by atoms with Crippen molar-refractivity contribution >= 4 is 10.9 Å². The third-order valence-electron chi connectivity index (χ3n) is 2.96. The number of nitriles is 1. The number of rotatable bonds is 1. The molecule has 0 atom stereocenters. The van der Waals surface area contributed by atoms with E-state index in [2.05, 4.69) is 11.1 Å². The number of benzene rings is 2. The molecule has 0 unspecified atom stereocenters. The number of H-pyrrole nitrogens is 1. The van der Waals surface area contributed by atoms with Crippen LogP contribution in [-0.4, -0.2) is 4.98 Å². The normalized spacial score (nSPS) is 10.4. The van der Waals surface area contributed by atoms with Crippen molar-refractivity contribution in [1.82, 2.24) is 4.98 Å². The van der Waals surface area contributed by atoms with E-state index in [4.69, 9.17) is 0 Å². The summed E-state index contributed by atoms with van der Waals surface area (Å²) in [6, 6.07) is 16.1. The first-order valence-corrected chi connectivity index (χ1v) is 5.57. The minimum Gasteiger partial charge on any atom is -0.353 e. The molecule has 0 bridgehead atoms. The third kappa shape index (κ3) is 1.47. The fourth-order valence-corrected chi connectivity index (χ4v) is 2.12. The third-order valence-corrected chi connectivity index (χ3v) is 2.96. The van der Waals surface area contributed by atoms with E-state index in [-0.39, 0.29) is 5.82 Å². The van der Waals surface area contributed by atoms with E-state index in [1.807, 2.05) is 24.3 Å². The molecule has 0 fully saturated rings. The van der Waals surface area contributed by atoms with Gasteiger partial charge in [-0.3, -0.25) is 0 Å². The molecule has 0 aliphatic carbocycles. The maximum Gasteiger partial charge on any atom is 0.132 e. The molecule has 3 heteroatoms. The zero-order chi connectivity index (χ0) is 12.5. The quantitative estimate of drug-likeness (QED) is 0.685. The highest BCUT2D eigenvalue weighted by Crippen LogP contribution is 2.30. The van der Waals surface area contributed by atoms with E-state index in [9.17, 15) is 9.65 Å². The van der Waals surface area contributed by atoms with Gasteiger partial charge in [-0.1, -0.05) is 30.3 Å². The first-order chi connectivity index (χ1) is 8.81. The summed E-state index contributed by atoms with van der Waals surface area (Å²) < 4.78 is 13.8. The molecule has 1 heterocycles. The summed E-state index contributed by atoms with van der Waals surface area (Å²) in [5, 5.41) is 10.1. The Kier molecular flexibility index (Phi) is 2.35. The highest BCUT2D eigenvalue weighted by molar-refractivity contribution is 5.93. The van der Waals surface area contributed by atoms with Crippen LogP contribution < -0.4 is 0 Å². The Labute approximate surface area is 103 Å². The van der Waals surface area contributed by atoms with Crippen molar-refractivity contribution in [3.05, 3.63) is 59.9 Å². The van der Waals surface area contributed by atoms with E-state index >= 15 is 0 Å². The first-order valence-electron chi connectivity index (χ1n) is 5.57. The van der Waals surface area contributed by atoms with Crippen LogP contribution in [0.1, 0.15) is 5.56 Å². The molecule has 2 nitrogen and oxygen atoms in total. The molecule has 3 aromatic rings. The Hall–Kier alpha value is -2.60. The molecule has 1 aromatic heterocycles. The summed E-state index contributed by atoms with van der Waals surface area (Å²) in [7, 11) is 0. The van der Waals surface area contributed by atoms with Gasteiger partial charge in [0.25, 0.3) is 0 Å². The highest BCUT2D eigenvalue weighted by Gasteiger charge is 2.14. The van der Waals surface area contributed by atoms with Crippen LogP contribution in [0.2, 0.25) is 0 Å². The Morgan fingerprint density at radius 3 is 2.50 bits per heavy atom. The second-order valence-electron chi connectivity index (χ2n) is 4.01. The van der Waals surface area contributed by atoms with Crippen molar-refractivity contribution in [2.75, 3.05) is 0 Å². The lowest BCUT2D eigenvalue weighted by molar-refractivity contribution is 0.631. The SMILES string of the molecule is N#Cc1c(-c2ccccc2F)[nH]c2ccccc12. The van der Waals surface area contributed by atoms with Gasteiger partial charge in [-0.2, -0.15) is 5.26 Å². The van der Waals surface area contributed by atoms with Crippen LogP contribution in [0.3, 0.4) is 0 Å². The second-order valence-corrected chi connectivity index (χ2v) is 4.01. The summed E-state index contributed by atoms with van der Waals surface area (Å²) >= 11 is 0. The standard InChI is InChI=1S/C15H9FN2/c16-13-7-3-1-6-11(13)15-12(9-17)10-5-2-4-8-14(10)18-15/h1-8,18H. The lowest BCUT2D eigenvalue weighted by atomic mass is 10.1. The smallest absolute Gasteiger partial charge is 0.132 e. The van der Waals surface area contributed by atoms with Crippen molar-refractivity contribution in [3.8, 4) is 17.3 Å². The average Bonchev–Trinajstić information content (AvgIpc) is 2.77. The number of nitrogens with one attached hydrogen (secondary N) is 1. The predicted octanol–water partition coefficient (Wildman–Crippen LogP) is 3.85. The summed E-state index contributed by atoms with van der Waals surface area (Å²) in [5.41, 5.74) is 2.28. The Morgan fingerprint density at radius 1 is 1.00 bits per heavy atom. The van der Waals surface area contributed by atoms with Crippen LogP contribution in [0.25, 0.3) is 22.2 Å². The van der Waals surface area contributed by atoms with E-state index in [0.29, 0.717) is 16.8 Å². The molecule has 3 rings (SSSR count). The lowest BCUT2D eigenvalue weighted by Crippen LogP contribution is -1.86. The molecule has 0 saturated heterocycles. The number of aromatic amines is 1. The number of halogens is 1. The van der Waals surface area contributed by atoms with Gasteiger partial charge in [-0.15, -0.1) is 0 Å². The molecular formula is C15H9FN2. The maximum atomic E-state index is 13.8. The highest BCUT2D eigenvalue weighted by atomic mass is 19.1. The molecule has 86 valence electrons. The maximum absolute atomic E-state index is 13.8. The van der Waals surface area contributed by atoms with Gasteiger partial charge in [-0.05, 0) is 18.2 Å². The largest absolute Gasteiger partial charge is 0.353 e. The minimum absolute atomic E-state index is 0.333. The second kappa shape index (κ2) is 4.01. The van der Waals surface area contributed by atoms with Gasteiger partial charge < -0.3 is 4.98 Å². The Morgan fingerprint density at radius 2 is 1.72 bits per heavy atom. The van der Waals surface area contributed by atoms with Gasteiger partial charge in [0.05, 0.1) is 11.3 Å². The van der Waals surface area contributed by atoms with Gasteiger partial charge in [0.15, 0.2) is 0 Å². The fraction of sp³-hybridized carbons (Fsp3) is 0. The first kappa shape index (κ1) is 10.5. The van der Waals surface area contributed by atoms with E-state index in [1.165, 1.54) is 6.07 Å². The molecule has 18 heavy (non-hydrogen) atoms. The molecule has 1 N–H and O–H groups in total. The molecule has 0 saturated carbocycles. The Bertz CT molecular complexity index is 766. The molecule has 0 spiro atoms. The van der Waals surface area contributed by atoms with Crippen molar-refractivity contribution in [3.63, 3.8) is 0 Å². The fourth-order valence-electron chi connectivity index (χ4n) is 2.12. The topological polar surface area (TPSA) is 39.6 Å². The zero-order valence-electron chi connectivity index (χ0n) is 9.44. The number of hydrogen-bond acceptors (Lipinski definition) is 1. The zero-order valence-corrected chi connectivity index (χ0v) is 9.44. The Balaban J connectivity index is 2.37. The molecule has 2 aromatic carbocycles. The van der Waals surface area contributed by atoms with Crippen LogP contribution in [0.4, 0.5) is 4.39 Å². The van der Waals surface area contributed by atoms with Crippen LogP contribution in [0, 0.1) is 17.1 Å². The monoisotopic (exact) mass is 236 g/mol. The van der Waals surface area contributed by atoms with E-state index in [0.717, 1.165) is 10.9 Å². The van der Waals surface area contributed by atoms with Crippen LogP contribution >= 0.6 is 0 Å².